The van der Waals surface area contributed by atoms with Gasteiger partial charge in [0.15, 0.2) is 0 Å². The van der Waals surface area contributed by atoms with Crippen molar-refractivity contribution in [2.75, 3.05) is 4.90 Å². The normalized spacial score (nSPS) is 11.4. The summed E-state index contributed by atoms with van der Waals surface area (Å²) >= 11 is 0. The van der Waals surface area contributed by atoms with E-state index >= 15 is 0 Å². The molecule has 55 heavy (non-hydrogen) atoms. The van der Waals surface area contributed by atoms with E-state index < -0.39 is 0 Å². The number of para-hydroxylation sites is 3. The Balaban J connectivity index is 1.13. The molecule has 0 bridgehead atoms. The van der Waals surface area contributed by atoms with Crippen LogP contribution in [0.3, 0.4) is 0 Å². The van der Waals surface area contributed by atoms with Gasteiger partial charge in [-0.1, -0.05) is 158 Å². The predicted octanol–water partition coefficient (Wildman–Crippen LogP) is 15.0. The topological polar surface area (TPSA) is 16.4 Å². The van der Waals surface area contributed by atoms with Crippen LogP contribution < -0.4 is 4.90 Å². The van der Waals surface area contributed by atoms with E-state index in [1.807, 2.05) is 30.3 Å². The maximum absolute atomic E-state index is 13.9. The van der Waals surface area contributed by atoms with Gasteiger partial charge in [0.1, 0.15) is 17.0 Å². The largest absolute Gasteiger partial charge is 0.455 e. The van der Waals surface area contributed by atoms with E-state index in [0.29, 0.717) is 0 Å². The Morgan fingerprint density at radius 1 is 0.364 bits per heavy atom. The molecule has 0 aliphatic rings. The molecule has 0 unspecified atom stereocenters. The molecule has 10 rings (SSSR count). The molecule has 0 saturated heterocycles. The van der Waals surface area contributed by atoms with E-state index in [1.165, 1.54) is 17.7 Å². The van der Waals surface area contributed by atoms with Crippen LogP contribution in [0.25, 0.3) is 77.2 Å². The molecule has 1 aromatic heterocycles. The van der Waals surface area contributed by atoms with Crippen molar-refractivity contribution in [3.8, 4) is 44.5 Å². The molecule has 2 nitrogen and oxygen atoms in total. The summed E-state index contributed by atoms with van der Waals surface area (Å²) in [6.07, 6.45) is 0. The van der Waals surface area contributed by atoms with Gasteiger partial charge in [-0.05, 0) is 92.7 Å². The summed E-state index contributed by atoms with van der Waals surface area (Å²) in [5.41, 5.74) is 13.6. The fourth-order valence-corrected chi connectivity index (χ4v) is 7.96. The third-order valence-corrected chi connectivity index (χ3v) is 10.6. The first-order valence-electron chi connectivity index (χ1n) is 18.5. The zero-order valence-electron chi connectivity index (χ0n) is 29.9. The van der Waals surface area contributed by atoms with Crippen molar-refractivity contribution < 1.29 is 8.81 Å². The minimum Gasteiger partial charge on any atom is -0.455 e. The van der Waals surface area contributed by atoms with Crippen LogP contribution in [0.15, 0.2) is 211 Å². The van der Waals surface area contributed by atoms with Crippen molar-refractivity contribution in [2.45, 2.75) is 0 Å². The summed E-state index contributed by atoms with van der Waals surface area (Å²) in [4.78, 5) is 2.34. The second-order valence-electron chi connectivity index (χ2n) is 13.8. The van der Waals surface area contributed by atoms with Crippen LogP contribution in [0.1, 0.15) is 0 Å². The Kier molecular flexibility index (Phi) is 8.04. The van der Waals surface area contributed by atoms with Gasteiger partial charge in [-0.3, -0.25) is 0 Å². The number of hydrogen-bond donors (Lipinski definition) is 0. The van der Waals surface area contributed by atoms with Crippen molar-refractivity contribution in [1.29, 1.82) is 0 Å². The van der Waals surface area contributed by atoms with E-state index in [2.05, 4.69) is 169 Å². The molecule has 3 heteroatoms. The number of halogens is 1. The maximum atomic E-state index is 13.9. The lowest BCUT2D eigenvalue weighted by atomic mass is 9.91. The van der Waals surface area contributed by atoms with E-state index in [0.717, 1.165) is 88.7 Å². The van der Waals surface area contributed by atoms with Gasteiger partial charge in [-0.2, -0.15) is 0 Å². The molecule has 0 radical (unpaired) electrons. The molecule has 10 aromatic rings. The Morgan fingerprint density at radius 2 is 0.873 bits per heavy atom. The highest BCUT2D eigenvalue weighted by Gasteiger charge is 2.21. The molecule has 0 atom stereocenters. The Morgan fingerprint density at radius 3 is 1.58 bits per heavy atom. The number of hydrogen-bond acceptors (Lipinski definition) is 2. The smallest absolute Gasteiger partial charge is 0.143 e. The fourth-order valence-electron chi connectivity index (χ4n) is 7.96. The number of benzene rings is 9. The molecule has 0 fully saturated rings. The van der Waals surface area contributed by atoms with Crippen molar-refractivity contribution in [2.24, 2.45) is 0 Å². The van der Waals surface area contributed by atoms with Gasteiger partial charge in [0, 0.05) is 33.3 Å². The van der Waals surface area contributed by atoms with Gasteiger partial charge in [0.25, 0.3) is 0 Å². The highest BCUT2D eigenvalue weighted by atomic mass is 19.1. The second-order valence-corrected chi connectivity index (χ2v) is 13.8. The molecule has 0 saturated carbocycles. The lowest BCUT2D eigenvalue weighted by Gasteiger charge is -2.28. The summed E-state index contributed by atoms with van der Waals surface area (Å²) in [6, 6.07) is 70.8. The molecule has 0 aliphatic heterocycles. The molecular weight excluding hydrogens is 674 g/mol. The van der Waals surface area contributed by atoms with Crippen LogP contribution in [0.4, 0.5) is 21.5 Å². The summed E-state index contributed by atoms with van der Waals surface area (Å²) in [7, 11) is 0. The van der Waals surface area contributed by atoms with Crippen LogP contribution in [0.2, 0.25) is 0 Å². The van der Waals surface area contributed by atoms with E-state index in [9.17, 15) is 4.39 Å². The summed E-state index contributed by atoms with van der Waals surface area (Å²) < 4.78 is 20.5. The average molecular weight is 708 g/mol. The highest BCUT2D eigenvalue weighted by molar-refractivity contribution is 6.11. The Hall–Kier alpha value is -7.23. The Labute approximate surface area is 319 Å². The third kappa shape index (κ3) is 5.83. The number of nitrogens with zero attached hydrogens (tertiary/aromatic N) is 1. The number of fused-ring (bicyclic) bond motifs is 4. The zero-order valence-corrected chi connectivity index (χ0v) is 29.9. The van der Waals surface area contributed by atoms with Gasteiger partial charge in [0.05, 0.1) is 5.69 Å². The molecule has 0 spiro atoms. The highest BCUT2D eigenvalue weighted by Crippen LogP contribution is 2.45. The molecule has 1 heterocycles. The molecule has 0 aliphatic carbocycles. The predicted molar refractivity (Wildman–Crippen MR) is 228 cm³/mol. The van der Waals surface area contributed by atoms with E-state index in [1.54, 1.807) is 0 Å². The maximum Gasteiger partial charge on any atom is 0.143 e. The van der Waals surface area contributed by atoms with Crippen molar-refractivity contribution >= 4 is 49.8 Å². The zero-order chi connectivity index (χ0) is 36.7. The molecular formula is C52H34FNO. The molecule has 260 valence electrons. The molecule has 0 amide bonds. The number of anilines is 3. The van der Waals surface area contributed by atoms with Gasteiger partial charge >= 0.3 is 0 Å². The summed E-state index contributed by atoms with van der Waals surface area (Å²) in [5.74, 6) is -0.241. The third-order valence-electron chi connectivity index (χ3n) is 10.6. The molecule has 9 aromatic carbocycles. The second kappa shape index (κ2) is 13.6. The van der Waals surface area contributed by atoms with Crippen molar-refractivity contribution in [3.63, 3.8) is 0 Å². The van der Waals surface area contributed by atoms with E-state index in [4.69, 9.17) is 4.42 Å². The van der Waals surface area contributed by atoms with Crippen molar-refractivity contribution in [1.82, 2.24) is 0 Å². The molecule has 0 N–H and O–H groups in total. The first-order valence-corrected chi connectivity index (χ1v) is 18.5. The van der Waals surface area contributed by atoms with Crippen molar-refractivity contribution in [3.05, 3.63) is 212 Å². The van der Waals surface area contributed by atoms with Gasteiger partial charge in [0.2, 0.25) is 0 Å². The number of furan rings is 1. The minimum atomic E-state index is -0.241. The van der Waals surface area contributed by atoms with Crippen LogP contribution in [0.5, 0.6) is 0 Å². The Bertz CT molecular complexity index is 2960. The lowest BCUT2D eigenvalue weighted by molar-refractivity contribution is 0.628. The fraction of sp³-hybridized carbons (Fsp3) is 0. The SMILES string of the molecule is Fc1ccc(-c2cccc3cccc(-c4ccc(N(c5ccc(-c6ccccc6)cc5)c5ccccc5-c5cccc6c5oc5ccccc56)cc4)c23)cc1. The van der Waals surface area contributed by atoms with Crippen LogP contribution >= 0.6 is 0 Å². The lowest BCUT2D eigenvalue weighted by Crippen LogP contribution is -2.11. The van der Waals surface area contributed by atoms with Crippen LogP contribution in [-0.2, 0) is 0 Å². The van der Waals surface area contributed by atoms with Gasteiger partial charge in [-0.15, -0.1) is 0 Å². The van der Waals surface area contributed by atoms with Gasteiger partial charge in [-0.25, -0.2) is 4.39 Å². The van der Waals surface area contributed by atoms with E-state index in [-0.39, 0.29) is 5.82 Å². The minimum absolute atomic E-state index is 0.241. The number of rotatable bonds is 7. The van der Waals surface area contributed by atoms with Gasteiger partial charge < -0.3 is 9.32 Å². The summed E-state index contributed by atoms with van der Waals surface area (Å²) in [6.45, 7) is 0. The monoisotopic (exact) mass is 707 g/mol. The average Bonchev–Trinajstić information content (AvgIpc) is 3.64. The quantitative estimate of drug-likeness (QED) is 0.164. The summed E-state index contributed by atoms with van der Waals surface area (Å²) in [5, 5.41) is 4.48. The first-order chi connectivity index (χ1) is 27.2. The standard InChI is InChI=1S/C52H34FNO/c53-40-29-23-37(24-30-40)43-17-8-13-39-14-9-18-44(51(39)43)38-27-33-42(34-28-38)54(41-31-25-36(26-32-41)35-11-2-1-3-12-35)49-21-6-4-15-45(49)47-19-10-20-48-46-16-5-7-22-50(46)55-52(47)48/h1-34H. The first kappa shape index (κ1) is 32.4. The van der Waals surface area contributed by atoms with Crippen LogP contribution in [0, 0.1) is 5.82 Å². The van der Waals surface area contributed by atoms with Crippen LogP contribution in [-0.4, -0.2) is 0 Å².